The molecule has 0 atom stereocenters. The Labute approximate surface area is 300 Å². The number of nitrogens with zero attached hydrogens (tertiary/aromatic N) is 5. The van der Waals surface area contributed by atoms with Gasteiger partial charge in [0.25, 0.3) is 5.92 Å². The van der Waals surface area contributed by atoms with E-state index >= 15 is 0 Å². The van der Waals surface area contributed by atoms with Crippen molar-refractivity contribution >= 4 is 60.8 Å². The van der Waals surface area contributed by atoms with Crippen LogP contribution in [0.25, 0.3) is 10.2 Å². The second-order valence-corrected chi connectivity index (χ2v) is 14.7. The molecular formula is C36H35F3N7O3S2+. The van der Waals surface area contributed by atoms with Gasteiger partial charge in [-0.2, -0.15) is 0 Å². The molecule has 0 aliphatic carbocycles. The number of likely N-dealkylation sites (tertiary alicyclic amines) is 1. The SMILES string of the molecule is Cc1c(Nc2nc3ccccc3s2)nnc2c1CCCN2c1nc(C(=O)O)c(CCCOc2ccc(C#CC[NH+]3CCC(F)(F)CC3)cc2F)s1. The maximum Gasteiger partial charge on any atom is 0.355 e. The fraction of sp³-hybridized carbons (Fsp3) is 0.361. The molecule has 0 saturated carbocycles. The number of aromatic nitrogens is 4. The predicted molar refractivity (Wildman–Crippen MR) is 191 cm³/mol. The van der Waals surface area contributed by atoms with E-state index in [1.165, 1.54) is 23.5 Å². The maximum absolute atomic E-state index is 14.8. The van der Waals surface area contributed by atoms with Crippen LogP contribution >= 0.6 is 22.7 Å². The smallest absolute Gasteiger partial charge is 0.355 e. The molecular weight excluding hydrogens is 700 g/mol. The third-order valence-corrected chi connectivity index (χ3v) is 11.1. The molecule has 1 fully saturated rings. The number of benzene rings is 2. The van der Waals surface area contributed by atoms with E-state index in [0.717, 1.165) is 44.2 Å². The van der Waals surface area contributed by atoms with E-state index in [1.807, 2.05) is 36.1 Å². The van der Waals surface area contributed by atoms with Crippen LogP contribution in [0.1, 0.15) is 57.7 Å². The molecule has 5 aromatic rings. The number of fused-ring (bicyclic) bond motifs is 2. The summed E-state index contributed by atoms with van der Waals surface area (Å²) in [6.07, 6.45) is 2.18. The number of aryl methyl sites for hydroxylation is 1. The van der Waals surface area contributed by atoms with Crippen molar-refractivity contribution in [2.24, 2.45) is 0 Å². The molecule has 15 heteroatoms. The molecule has 10 nitrogen and oxygen atoms in total. The lowest BCUT2D eigenvalue weighted by molar-refractivity contribution is -0.900. The van der Waals surface area contributed by atoms with E-state index < -0.39 is 17.7 Å². The van der Waals surface area contributed by atoms with Crippen LogP contribution < -0.4 is 19.9 Å². The van der Waals surface area contributed by atoms with Crippen LogP contribution in [-0.4, -0.2) is 69.9 Å². The number of hydrogen-bond acceptors (Lipinski definition) is 10. The van der Waals surface area contributed by atoms with Gasteiger partial charge in [0.15, 0.2) is 39.2 Å². The lowest BCUT2D eigenvalue weighted by Gasteiger charge is -2.28. The second kappa shape index (κ2) is 14.8. The number of anilines is 4. The number of ether oxygens (including phenoxy) is 1. The minimum atomic E-state index is -2.59. The number of para-hydroxylation sites is 1. The number of alkyl halides is 2. The summed E-state index contributed by atoms with van der Waals surface area (Å²) < 4.78 is 48.3. The normalized spacial score (nSPS) is 15.6. The highest BCUT2D eigenvalue weighted by molar-refractivity contribution is 7.22. The van der Waals surface area contributed by atoms with E-state index in [-0.39, 0.29) is 30.9 Å². The highest BCUT2D eigenvalue weighted by Gasteiger charge is 2.36. The van der Waals surface area contributed by atoms with Crippen LogP contribution in [0.5, 0.6) is 5.75 Å². The van der Waals surface area contributed by atoms with Crippen LogP contribution in [0.3, 0.4) is 0 Å². The Bertz CT molecular complexity index is 2100. The van der Waals surface area contributed by atoms with Crippen LogP contribution in [0.2, 0.25) is 0 Å². The fourth-order valence-corrected chi connectivity index (χ4v) is 8.22. The van der Waals surface area contributed by atoms with Crippen LogP contribution in [0.15, 0.2) is 42.5 Å². The molecule has 0 bridgehead atoms. The molecule has 2 aromatic carbocycles. The number of carbonyl (C=O) groups is 1. The van der Waals surface area contributed by atoms with E-state index in [4.69, 9.17) is 4.74 Å². The van der Waals surface area contributed by atoms with Crippen molar-refractivity contribution in [2.75, 3.05) is 43.0 Å². The Morgan fingerprint density at radius 3 is 2.75 bits per heavy atom. The van der Waals surface area contributed by atoms with E-state index in [2.05, 4.69) is 37.3 Å². The molecule has 7 rings (SSSR count). The van der Waals surface area contributed by atoms with Crippen LogP contribution in [-0.2, 0) is 12.8 Å². The number of thiazole rings is 2. The van der Waals surface area contributed by atoms with Gasteiger partial charge in [0, 0.05) is 28.1 Å². The van der Waals surface area contributed by atoms with Crippen molar-refractivity contribution in [1.29, 1.82) is 0 Å². The largest absolute Gasteiger partial charge is 0.491 e. The molecule has 2 aliphatic heterocycles. The van der Waals surface area contributed by atoms with Gasteiger partial charge in [-0.25, -0.2) is 27.9 Å². The Hall–Kier alpha value is -4.78. The van der Waals surface area contributed by atoms with Crippen LogP contribution in [0.4, 0.5) is 35.1 Å². The Kier molecular flexibility index (Phi) is 10.1. The predicted octanol–water partition coefficient (Wildman–Crippen LogP) is 6.19. The molecule has 1 saturated heterocycles. The lowest BCUT2D eigenvalue weighted by Crippen LogP contribution is -3.13. The first-order valence-electron chi connectivity index (χ1n) is 16.8. The summed E-state index contributed by atoms with van der Waals surface area (Å²) in [6.45, 7) is 3.95. The molecule has 0 spiro atoms. The van der Waals surface area contributed by atoms with E-state index in [0.29, 0.717) is 66.2 Å². The average Bonchev–Trinajstić information content (AvgIpc) is 3.73. The number of carboxylic acid groups (broad SMARTS) is 1. The number of nitrogens with one attached hydrogen (secondary N) is 2. The highest BCUT2D eigenvalue weighted by atomic mass is 32.1. The summed E-state index contributed by atoms with van der Waals surface area (Å²) in [5.74, 6) is 2.98. The zero-order chi connectivity index (χ0) is 35.5. The molecule has 2 aliphatic rings. The topological polar surface area (TPSA) is 118 Å². The number of rotatable bonds is 10. The molecule has 3 N–H and O–H groups in total. The lowest BCUT2D eigenvalue weighted by atomic mass is 10.0. The summed E-state index contributed by atoms with van der Waals surface area (Å²) in [6, 6.07) is 12.4. The van der Waals surface area contributed by atoms with Crippen molar-refractivity contribution in [1.82, 2.24) is 20.2 Å². The maximum atomic E-state index is 14.8. The number of piperidine rings is 1. The van der Waals surface area contributed by atoms with E-state index in [1.54, 1.807) is 17.4 Å². The zero-order valence-corrected chi connectivity index (χ0v) is 29.4. The van der Waals surface area contributed by atoms with E-state index in [9.17, 15) is 23.1 Å². The van der Waals surface area contributed by atoms with Gasteiger partial charge in [0.2, 0.25) is 0 Å². The molecule has 3 aromatic heterocycles. The summed E-state index contributed by atoms with van der Waals surface area (Å²) in [7, 11) is 0. The molecule has 51 heavy (non-hydrogen) atoms. The summed E-state index contributed by atoms with van der Waals surface area (Å²) in [5, 5.41) is 23.6. The van der Waals surface area contributed by atoms with Gasteiger partial charge in [-0.15, -0.1) is 21.5 Å². The summed E-state index contributed by atoms with van der Waals surface area (Å²) >= 11 is 2.84. The van der Waals surface area contributed by atoms with Crippen molar-refractivity contribution < 1.29 is 32.7 Å². The average molecular weight is 735 g/mol. The quantitative estimate of drug-likeness (QED) is 0.114. The first-order valence-corrected chi connectivity index (χ1v) is 18.4. The second-order valence-electron chi connectivity index (χ2n) is 12.6. The Morgan fingerprint density at radius 2 is 1.96 bits per heavy atom. The first kappa shape index (κ1) is 34.7. The van der Waals surface area contributed by atoms with Crippen molar-refractivity contribution in [3.63, 3.8) is 0 Å². The third-order valence-electron chi connectivity index (χ3n) is 9.02. The monoisotopic (exact) mass is 734 g/mol. The van der Waals surface area contributed by atoms with Gasteiger partial charge < -0.3 is 25.0 Å². The van der Waals surface area contributed by atoms with Crippen molar-refractivity contribution in [3.8, 4) is 17.6 Å². The minimum absolute atomic E-state index is 0.0184. The highest BCUT2D eigenvalue weighted by Crippen LogP contribution is 2.39. The fourth-order valence-electron chi connectivity index (χ4n) is 6.23. The molecule has 264 valence electrons. The van der Waals surface area contributed by atoms with Gasteiger partial charge in [-0.05, 0) is 68.9 Å². The number of quaternary nitrogens is 1. The standard InChI is InChI=1S/C36H34F3N7O3S2/c1-22-24-8-5-17-46(32(24)44-43-31(22)42-34-40-26-9-2-3-10-28(26)50-34)35-41-30(33(47)48)29(51-35)11-6-20-49-27-13-12-23(21-25(27)37)7-4-16-45-18-14-36(38,39)15-19-45/h2-3,9-10,12-13,21H,5-6,8,11,14-20H2,1H3,(H,47,48)(H,40,42,43)/p+1. The molecule has 0 radical (unpaired) electrons. The molecule has 5 heterocycles. The third kappa shape index (κ3) is 7.93. The van der Waals surface area contributed by atoms with Crippen LogP contribution in [0, 0.1) is 24.6 Å². The summed E-state index contributed by atoms with van der Waals surface area (Å²) in [5.41, 5.74) is 3.35. The Balaban J connectivity index is 0.971. The number of halogens is 3. The molecule has 0 amide bonds. The van der Waals surface area contributed by atoms with Gasteiger partial charge in [-0.3, -0.25) is 0 Å². The summed E-state index contributed by atoms with van der Waals surface area (Å²) in [4.78, 5) is 24.9. The van der Waals surface area contributed by atoms with Crippen molar-refractivity contribution in [2.45, 2.75) is 51.4 Å². The Morgan fingerprint density at radius 1 is 1.14 bits per heavy atom. The van der Waals surface area contributed by atoms with Crippen molar-refractivity contribution in [3.05, 3.63) is 75.5 Å². The minimum Gasteiger partial charge on any atom is -0.491 e. The number of carboxylic acids is 1. The van der Waals surface area contributed by atoms with Gasteiger partial charge in [0.05, 0.1) is 42.8 Å². The first-order chi connectivity index (χ1) is 24.6. The zero-order valence-electron chi connectivity index (χ0n) is 27.8. The molecule has 0 unspecified atom stereocenters. The number of aromatic carboxylic acids is 1. The van der Waals surface area contributed by atoms with Gasteiger partial charge >= 0.3 is 5.97 Å². The van der Waals surface area contributed by atoms with Gasteiger partial charge in [-0.1, -0.05) is 29.4 Å². The number of hydrogen-bond donors (Lipinski definition) is 3. The van der Waals surface area contributed by atoms with Gasteiger partial charge in [0.1, 0.15) is 6.54 Å².